The molecule has 1 aliphatic heterocycles. The van der Waals surface area contributed by atoms with Gasteiger partial charge in [0.05, 0.1) is 6.54 Å². The van der Waals surface area contributed by atoms with Gasteiger partial charge in [-0.2, -0.15) is 5.26 Å². The normalized spacial score (nSPS) is 17.8. The van der Waals surface area contributed by atoms with Crippen molar-refractivity contribution in [1.29, 1.82) is 5.26 Å². The second-order valence-electron chi connectivity index (χ2n) is 5.09. The van der Waals surface area contributed by atoms with Crippen LogP contribution in [0, 0.1) is 17.2 Å². The number of hydrogen-bond donors (Lipinski definition) is 1. The minimum atomic E-state index is 0.391. The number of furan rings is 1. The first-order chi connectivity index (χ1) is 8.78. The van der Waals surface area contributed by atoms with Gasteiger partial charge in [-0.1, -0.05) is 0 Å². The minimum Gasteiger partial charge on any atom is -0.449 e. The van der Waals surface area contributed by atoms with Crippen LogP contribution in [0.2, 0.25) is 0 Å². The highest BCUT2D eigenvalue weighted by Gasteiger charge is 2.15. The van der Waals surface area contributed by atoms with Gasteiger partial charge in [0.15, 0.2) is 0 Å². The molecule has 2 heterocycles. The topological polar surface area (TPSA) is 52.2 Å². The Bertz CT molecular complexity index is 399. The zero-order valence-electron chi connectivity index (χ0n) is 11.0. The van der Waals surface area contributed by atoms with Crippen LogP contribution in [0.25, 0.3) is 0 Å². The van der Waals surface area contributed by atoms with Crippen molar-refractivity contribution in [1.82, 2.24) is 10.2 Å². The van der Waals surface area contributed by atoms with Crippen molar-refractivity contribution in [3.8, 4) is 6.07 Å². The zero-order chi connectivity index (χ0) is 12.8. The monoisotopic (exact) mass is 247 g/mol. The molecule has 0 bridgehead atoms. The van der Waals surface area contributed by atoms with Crippen LogP contribution in [0.15, 0.2) is 16.5 Å². The summed E-state index contributed by atoms with van der Waals surface area (Å²) in [5, 5.41) is 12.0. The van der Waals surface area contributed by atoms with Gasteiger partial charge in [-0.25, -0.2) is 0 Å². The number of rotatable bonds is 5. The summed E-state index contributed by atoms with van der Waals surface area (Å²) >= 11 is 0. The Morgan fingerprint density at radius 3 is 2.89 bits per heavy atom. The number of nitrogens with one attached hydrogen (secondary N) is 1. The van der Waals surface area contributed by atoms with Crippen LogP contribution in [-0.2, 0) is 6.54 Å². The Morgan fingerprint density at radius 1 is 1.44 bits per heavy atom. The fraction of sp³-hybridized carbons (Fsp3) is 0.643. The van der Waals surface area contributed by atoms with Crippen molar-refractivity contribution in [2.24, 2.45) is 5.92 Å². The quantitative estimate of drug-likeness (QED) is 0.808. The third kappa shape index (κ3) is 3.86. The molecule has 18 heavy (non-hydrogen) atoms. The predicted molar refractivity (Wildman–Crippen MR) is 70.0 cm³/mol. The van der Waals surface area contributed by atoms with Gasteiger partial charge in [-0.05, 0) is 64.0 Å². The smallest absolute Gasteiger partial charge is 0.203 e. The Morgan fingerprint density at radius 2 is 2.22 bits per heavy atom. The summed E-state index contributed by atoms with van der Waals surface area (Å²) in [7, 11) is 2.19. The van der Waals surface area contributed by atoms with Gasteiger partial charge in [0.2, 0.25) is 5.76 Å². The van der Waals surface area contributed by atoms with Crippen LogP contribution in [-0.4, -0.2) is 31.6 Å². The standard InChI is InChI=1S/C14H21N3O/c1-17-8-5-12(6-9-17)4-7-16-11-14-3-2-13(10-15)18-14/h2-3,12,16H,4-9,11H2,1H3. The molecule has 1 aromatic rings. The van der Waals surface area contributed by atoms with E-state index in [4.69, 9.17) is 9.68 Å². The molecule has 1 aliphatic rings. The highest BCUT2D eigenvalue weighted by Crippen LogP contribution is 2.18. The van der Waals surface area contributed by atoms with E-state index in [1.807, 2.05) is 12.1 Å². The summed E-state index contributed by atoms with van der Waals surface area (Å²) in [5.41, 5.74) is 0. The van der Waals surface area contributed by atoms with Crippen LogP contribution >= 0.6 is 0 Å². The van der Waals surface area contributed by atoms with E-state index in [1.165, 1.54) is 32.4 Å². The molecule has 0 spiro atoms. The van der Waals surface area contributed by atoms with Crippen LogP contribution in [0.4, 0.5) is 0 Å². The lowest BCUT2D eigenvalue weighted by atomic mass is 9.94. The van der Waals surface area contributed by atoms with E-state index in [2.05, 4.69) is 17.3 Å². The number of hydrogen-bond acceptors (Lipinski definition) is 4. The van der Waals surface area contributed by atoms with Gasteiger partial charge in [-0.15, -0.1) is 0 Å². The molecular formula is C14H21N3O. The first-order valence-electron chi connectivity index (χ1n) is 6.66. The maximum absolute atomic E-state index is 8.65. The fourth-order valence-electron chi connectivity index (χ4n) is 2.40. The summed E-state index contributed by atoms with van der Waals surface area (Å²) in [6, 6.07) is 5.57. The Balaban J connectivity index is 1.60. The van der Waals surface area contributed by atoms with Crippen molar-refractivity contribution >= 4 is 0 Å². The predicted octanol–water partition coefficient (Wildman–Crippen LogP) is 1.97. The van der Waals surface area contributed by atoms with Crippen LogP contribution < -0.4 is 5.32 Å². The molecule has 2 rings (SSSR count). The van der Waals surface area contributed by atoms with Crippen molar-refractivity contribution < 1.29 is 4.42 Å². The minimum absolute atomic E-state index is 0.391. The van der Waals surface area contributed by atoms with E-state index in [9.17, 15) is 0 Å². The summed E-state index contributed by atoms with van der Waals surface area (Å²) in [5.74, 6) is 2.09. The molecule has 98 valence electrons. The SMILES string of the molecule is CN1CCC(CCNCc2ccc(C#N)o2)CC1. The fourth-order valence-corrected chi connectivity index (χ4v) is 2.40. The van der Waals surface area contributed by atoms with Crippen LogP contribution in [0.1, 0.15) is 30.8 Å². The first-order valence-corrected chi connectivity index (χ1v) is 6.66. The molecule has 4 heteroatoms. The van der Waals surface area contributed by atoms with E-state index < -0.39 is 0 Å². The second-order valence-corrected chi connectivity index (χ2v) is 5.09. The van der Waals surface area contributed by atoms with E-state index in [1.54, 1.807) is 6.07 Å². The van der Waals surface area contributed by atoms with Crippen molar-refractivity contribution in [3.63, 3.8) is 0 Å². The summed E-state index contributed by atoms with van der Waals surface area (Å²) < 4.78 is 5.31. The molecule has 1 fully saturated rings. The maximum Gasteiger partial charge on any atom is 0.203 e. The van der Waals surface area contributed by atoms with E-state index >= 15 is 0 Å². The largest absolute Gasteiger partial charge is 0.449 e. The van der Waals surface area contributed by atoms with Crippen molar-refractivity contribution in [2.45, 2.75) is 25.8 Å². The molecule has 1 aromatic heterocycles. The lowest BCUT2D eigenvalue weighted by Crippen LogP contribution is -2.31. The van der Waals surface area contributed by atoms with Gasteiger partial charge >= 0.3 is 0 Å². The van der Waals surface area contributed by atoms with Gasteiger partial charge in [-0.3, -0.25) is 0 Å². The van der Waals surface area contributed by atoms with Gasteiger partial charge < -0.3 is 14.6 Å². The number of likely N-dealkylation sites (tertiary alicyclic amines) is 1. The number of nitrogens with zero attached hydrogens (tertiary/aromatic N) is 2. The van der Waals surface area contributed by atoms with E-state index in [0.717, 1.165) is 18.2 Å². The van der Waals surface area contributed by atoms with Crippen LogP contribution in [0.5, 0.6) is 0 Å². The van der Waals surface area contributed by atoms with Gasteiger partial charge in [0.25, 0.3) is 0 Å². The van der Waals surface area contributed by atoms with Crippen LogP contribution in [0.3, 0.4) is 0 Å². The summed E-state index contributed by atoms with van der Waals surface area (Å²) in [6.45, 7) is 4.20. The van der Waals surface area contributed by atoms with Gasteiger partial charge in [0, 0.05) is 0 Å². The lowest BCUT2D eigenvalue weighted by Gasteiger charge is -2.28. The molecule has 0 aliphatic carbocycles. The van der Waals surface area contributed by atoms with E-state index in [-0.39, 0.29) is 0 Å². The summed E-state index contributed by atoms with van der Waals surface area (Å²) in [6.07, 6.45) is 3.87. The lowest BCUT2D eigenvalue weighted by molar-refractivity contribution is 0.211. The Kier molecular flexibility index (Phi) is 4.80. The summed E-state index contributed by atoms with van der Waals surface area (Å²) in [4.78, 5) is 2.40. The molecule has 4 nitrogen and oxygen atoms in total. The molecular weight excluding hydrogens is 226 g/mol. The maximum atomic E-state index is 8.65. The third-order valence-electron chi connectivity index (χ3n) is 3.64. The Labute approximate surface area is 109 Å². The number of nitriles is 1. The first kappa shape index (κ1) is 13.1. The highest BCUT2D eigenvalue weighted by molar-refractivity contribution is 5.18. The molecule has 0 atom stereocenters. The number of piperidine rings is 1. The third-order valence-corrected chi connectivity index (χ3v) is 3.64. The highest BCUT2D eigenvalue weighted by atomic mass is 16.3. The van der Waals surface area contributed by atoms with E-state index in [0.29, 0.717) is 12.3 Å². The van der Waals surface area contributed by atoms with Crippen molar-refractivity contribution in [3.05, 3.63) is 23.7 Å². The average Bonchev–Trinajstić information content (AvgIpc) is 2.85. The average molecular weight is 247 g/mol. The Hall–Kier alpha value is -1.31. The van der Waals surface area contributed by atoms with Gasteiger partial charge in [0.1, 0.15) is 11.8 Å². The van der Waals surface area contributed by atoms with Crippen molar-refractivity contribution in [2.75, 3.05) is 26.7 Å². The second kappa shape index (κ2) is 6.58. The molecule has 0 saturated carbocycles. The molecule has 1 N–H and O–H groups in total. The molecule has 0 amide bonds. The molecule has 1 saturated heterocycles. The zero-order valence-corrected chi connectivity index (χ0v) is 11.0. The molecule has 0 aromatic carbocycles. The molecule has 0 unspecified atom stereocenters. The molecule has 0 radical (unpaired) electrons.